The van der Waals surface area contributed by atoms with Crippen LogP contribution in [0, 0.1) is 17.6 Å². The number of carbonyl (C=O) groups is 2. The first kappa shape index (κ1) is 21.9. The summed E-state index contributed by atoms with van der Waals surface area (Å²) in [5.74, 6) is -4.01. The molecule has 4 rings (SSSR count). The predicted octanol–water partition coefficient (Wildman–Crippen LogP) is 1.38. The lowest BCUT2D eigenvalue weighted by molar-refractivity contribution is 0.0394. The van der Waals surface area contributed by atoms with Gasteiger partial charge < -0.3 is 25.0 Å². The minimum Gasteiger partial charge on any atom is -0.503 e. The van der Waals surface area contributed by atoms with E-state index in [9.17, 15) is 33.4 Å². The van der Waals surface area contributed by atoms with Gasteiger partial charge in [-0.05, 0) is 26.3 Å². The molecule has 1 aliphatic heterocycles. The number of nitrogens with one attached hydrogen (secondary N) is 1. The van der Waals surface area contributed by atoms with E-state index in [1.54, 1.807) is 4.90 Å². The number of amides is 2. The van der Waals surface area contributed by atoms with Crippen molar-refractivity contribution in [3.05, 3.63) is 63.1 Å². The third kappa shape index (κ3) is 3.35. The molecular formula is C22H23F2N3O5. The molecule has 2 atom stereocenters. The predicted molar refractivity (Wildman–Crippen MR) is 109 cm³/mol. The van der Waals surface area contributed by atoms with Crippen LogP contribution in [0.15, 0.2) is 29.2 Å². The zero-order valence-electron chi connectivity index (χ0n) is 17.6. The van der Waals surface area contributed by atoms with Gasteiger partial charge in [0.1, 0.15) is 17.2 Å². The zero-order valence-corrected chi connectivity index (χ0v) is 17.6. The molecule has 3 N–H and O–H groups in total. The summed E-state index contributed by atoms with van der Waals surface area (Å²) in [7, 11) is 0. The van der Waals surface area contributed by atoms with Crippen LogP contribution in [0.4, 0.5) is 8.78 Å². The van der Waals surface area contributed by atoms with Crippen molar-refractivity contribution < 1.29 is 28.6 Å². The van der Waals surface area contributed by atoms with Gasteiger partial charge in [-0.3, -0.25) is 14.4 Å². The van der Waals surface area contributed by atoms with E-state index < -0.39 is 45.7 Å². The number of aliphatic hydroxyl groups excluding tert-OH is 1. The molecular weight excluding hydrogens is 424 g/mol. The molecule has 0 saturated heterocycles. The van der Waals surface area contributed by atoms with E-state index in [2.05, 4.69) is 5.32 Å². The van der Waals surface area contributed by atoms with Crippen LogP contribution in [0.1, 0.15) is 46.7 Å². The van der Waals surface area contributed by atoms with Gasteiger partial charge in [0.2, 0.25) is 5.43 Å². The monoisotopic (exact) mass is 447 g/mol. The fourth-order valence-corrected chi connectivity index (χ4v) is 4.62. The molecule has 1 fully saturated rings. The maximum absolute atomic E-state index is 13.8. The van der Waals surface area contributed by atoms with Crippen molar-refractivity contribution in [1.29, 1.82) is 0 Å². The number of nitrogens with zero attached hydrogens (tertiary/aromatic N) is 2. The number of halogens is 2. The van der Waals surface area contributed by atoms with Crippen molar-refractivity contribution in [3.63, 3.8) is 0 Å². The largest absolute Gasteiger partial charge is 0.503 e. The van der Waals surface area contributed by atoms with Crippen LogP contribution in [-0.2, 0) is 13.1 Å². The average Bonchev–Trinajstić information content (AvgIpc) is 3.41. The Bertz CT molecular complexity index is 1180. The Labute approximate surface area is 182 Å². The third-order valence-electron chi connectivity index (χ3n) is 6.24. The van der Waals surface area contributed by atoms with E-state index in [4.69, 9.17) is 0 Å². The number of benzene rings is 1. The second kappa shape index (κ2) is 7.70. The minimum absolute atomic E-state index is 0.0208. The molecule has 0 unspecified atom stereocenters. The molecule has 32 heavy (non-hydrogen) atoms. The first-order valence-electron chi connectivity index (χ1n) is 10.2. The highest BCUT2D eigenvalue weighted by Gasteiger charge is 2.62. The molecule has 1 aliphatic carbocycles. The summed E-state index contributed by atoms with van der Waals surface area (Å²) in [5, 5.41) is 22.5. The fraction of sp³-hybridized carbons (Fsp3) is 0.409. The van der Waals surface area contributed by atoms with Gasteiger partial charge >= 0.3 is 0 Å². The molecule has 1 spiro atoms. The maximum Gasteiger partial charge on any atom is 0.275 e. The van der Waals surface area contributed by atoms with Crippen molar-refractivity contribution in [3.8, 4) is 5.75 Å². The van der Waals surface area contributed by atoms with Gasteiger partial charge in [-0.25, -0.2) is 8.78 Å². The number of carbonyl (C=O) groups excluding carboxylic acids is 2. The molecule has 0 bridgehead atoms. The number of aliphatic hydroxyl groups is 1. The van der Waals surface area contributed by atoms with Gasteiger partial charge in [0.05, 0.1) is 5.54 Å². The molecule has 2 heterocycles. The van der Waals surface area contributed by atoms with Crippen LogP contribution in [0.25, 0.3) is 0 Å². The summed E-state index contributed by atoms with van der Waals surface area (Å²) >= 11 is 0. The summed E-state index contributed by atoms with van der Waals surface area (Å²) in [6.45, 7) is 3.41. The first-order valence-corrected chi connectivity index (χ1v) is 10.2. The van der Waals surface area contributed by atoms with Crippen LogP contribution < -0.4 is 10.7 Å². The van der Waals surface area contributed by atoms with Crippen LogP contribution in [0.3, 0.4) is 0 Å². The lowest BCUT2D eigenvalue weighted by Gasteiger charge is -2.42. The van der Waals surface area contributed by atoms with Crippen LogP contribution in [0.5, 0.6) is 5.75 Å². The van der Waals surface area contributed by atoms with Crippen molar-refractivity contribution in [2.45, 2.75) is 44.9 Å². The number of hydrogen-bond donors (Lipinski definition) is 3. The molecule has 2 aliphatic rings. The number of fused-ring (bicyclic) bond motifs is 1. The van der Waals surface area contributed by atoms with Crippen molar-refractivity contribution in [1.82, 2.24) is 14.8 Å². The molecule has 1 saturated carbocycles. The Morgan fingerprint density at radius 1 is 1.31 bits per heavy atom. The highest BCUT2D eigenvalue weighted by atomic mass is 19.1. The minimum atomic E-state index is -1.02. The summed E-state index contributed by atoms with van der Waals surface area (Å²) in [6, 6.07) is 2.67. The Balaban J connectivity index is 1.67. The van der Waals surface area contributed by atoms with Crippen molar-refractivity contribution in [2.75, 3.05) is 6.61 Å². The normalized spacial score (nSPS) is 21.8. The lowest BCUT2D eigenvalue weighted by Crippen LogP contribution is -2.55. The quantitative estimate of drug-likeness (QED) is 0.641. The van der Waals surface area contributed by atoms with Crippen molar-refractivity contribution in [2.24, 2.45) is 5.92 Å². The van der Waals surface area contributed by atoms with Crippen LogP contribution in [0.2, 0.25) is 0 Å². The summed E-state index contributed by atoms with van der Waals surface area (Å²) in [6.07, 6.45) is 1.77. The molecule has 2 aromatic rings. The van der Waals surface area contributed by atoms with Crippen molar-refractivity contribution >= 4 is 11.8 Å². The van der Waals surface area contributed by atoms with Gasteiger partial charge in [-0.1, -0.05) is 6.07 Å². The molecule has 8 nitrogen and oxygen atoms in total. The van der Waals surface area contributed by atoms with Crippen LogP contribution in [-0.4, -0.2) is 49.7 Å². The molecule has 0 radical (unpaired) electrons. The van der Waals surface area contributed by atoms with Crippen LogP contribution >= 0.6 is 0 Å². The van der Waals surface area contributed by atoms with E-state index >= 15 is 0 Å². The smallest absolute Gasteiger partial charge is 0.275 e. The van der Waals surface area contributed by atoms with E-state index in [1.807, 2.05) is 13.8 Å². The molecule has 170 valence electrons. The third-order valence-corrected chi connectivity index (χ3v) is 6.24. The fourth-order valence-electron chi connectivity index (χ4n) is 4.62. The number of aromatic hydroxyl groups is 1. The molecule has 10 heteroatoms. The van der Waals surface area contributed by atoms with Gasteiger partial charge in [-0.2, -0.15) is 0 Å². The van der Waals surface area contributed by atoms with E-state index in [-0.39, 0.29) is 42.9 Å². The second-order valence-corrected chi connectivity index (χ2v) is 8.57. The Morgan fingerprint density at radius 3 is 2.62 bits per heavy atom. The Hall–Kier alpha value is -3.27. The first-order chi connectivity index (χ1) is 15.1. The highest BCUT2D eigenvalue weighted by molar-refractivity contribution is 5.99. The van der Waals surface area contributed by atoms with Gasteiger partial charge in [-0.15, -0.1) is 0 Å². The topological polar surface area (TPSA) is 112 Å². The number of rotatable bonds is 5. The number of hydrogen-bond acceptors (Lipinski definition) is 5. The van der Waals surface area contributed by atoms with E-state index in [0.29, 0.717) is 12.5 Å². The average molecular weight is 447 g/mol. The highest BCUT2D eigenvalue weighted by Crippen LogP contribution is 2.53. The Morgan fingerprint density at radius 2 is 2.03 bits per heavy atom. The van der Waals surface area contributed by atoms with Gasteiger partial charge in [0, 0.05) is 49.5 Å². The molecule has 1 aromatic heterocycles. The summed E-state index contributed by atoms with van der Waals surface area (Å²) < 4.78 is 28.2. The zero-order chi connectivity index (χ0) is 23.4. The van der Waals surface area contributed by atoms with Gasteiger partial charge in [0.15, 0.2) is 11.4 Å². The second-order valence-electron chi connectivity index (χ2n) is 8.57. The summed E-state index contributed by atoms with van der Waals surface area (Å²) in [5.41, 5.74) is -2.27. The molecule has 1 aromatic carbocycles. The number of aromatic nitrogens is 1. The molecule has 2 amide bonds. The summed E-state index contributed by atoms with van der Waals surface area (Å²) in [4.78, 5) is 40.0. The van der Waals surface area contributed by atoms with E-state index in [1.165, 1.54) is 16.8 Å². The number of pyridine rings is 1. The Kier molecular flexibility index (Phi) is 5.28. The maximum atomic E-state index is 13.8. The SMILES string of the molecule is CC(C)N1C(=O)c2c(O)c(=O)c(C(=O)NCc3ccc(F)cc3F)cn2C[C@@]12C[C@@H]2CO. The lowest BCUT2D eigenvalue weighted by atomic mass is 10.0. The van der Waals surface area contributed by atoms with Gasteiger partial charge in [0.25, 0.3) is 11.8 Å². The standard InChI is InChI=1S/C22H23F2N3O5/c1-11(2)27-21(32)17-19(30)18(29)15(8-26(17)10-22(27)6-13(22)9-28)20(31)25-7-12-3-4-14(23)5-16(12)24/h3-5,8,11,13,28,30H,6-7,9-10H2,1-2H3,(H,25,31)/t13-,22-/m1/s1. The van der Waals surface area contributed by atoms with E-state index in [0.717, 1.165) is 6.07 Å².